The Labute approximate surface area is 113 Å². The van der Waals surface area contributed by atoms with E-state index in [1.165, 1.54) is 5.56 Å². The predicted molar refractivity (Wildman–Crippen MR) is 72.1 cm³/mol. The Morgan fingerprint density at radius 2 is 1.84 bits per heavy atom. The third-order valence-electron chi connectivity index (χ3n) is 3.21. The van der Waals surface area contributed by atoms with Crippen LogP contribution in [0.1, 0.15) is 50.3 Å². The zero-order chi connectivity index (χ0) is 14.3. The highest BCUT2D eigenvalue weighted by Gasteiger charge is 2.27. The Morgan fingerprint density at radius 3 is 2.42 bits per heavy atom. The van der Waals surface area contributed by atoms with E-state index in [4.69, 9.17) is 0 Å². The first-order valence-corrected chi connectivity index (χ1v) is 6.85. The van der Waals surface area contributed by atoms with Gasteiger partial charge in [0.2, 0.25) is 0 Å². The van der Waals surface area contributed by atoms with Crippen molar-refractivity contribution < 1.29 is 13.2 Å². The molecule has 0 aliphatic carbocycles. The van der Waals surface area contributed by atoms with Crippen LogP contribution in [0.25, 0.3) is 0 Å². The van der Waals surface area contributed by atoms with Crippen molar-refractivity contribution in [3.05, 3.63) is 35.4 Å². The molecular weight excluding hydrogens is 251 g/mol. The van der Waals surface area contributed by atoms with Gasteiger partial charge in [0.1, 0.15) is 0 Å². The molecule has 0 amide bonds. The maximum absolute atomic E-state index is 12.2. The standard InChI is InChI=1S/C15H22F3N/c1-3-12-8-5-6-9-13(12)14(19-4-2)10-7-11-15(16,17)18/h5-6,8-9,14,19H,3-4,7,10-11H2,1-2H3. The Hall–Kier alpha value is -1.03. The van der Waals surface area contributed by atoms with E-state index in [-0.39, 0.29) is 12.5 Å². The van der Waals surface area contributed by atoms with Gasteiger partial charge in [-0.3, -0.25) is 0 Å². The molecule has 0 saturated heterocycles. The third-order valence-corrected chi connectivity index (χ3v) is 3.21. The van der Waals surface area contributed by atoms with Gasteiger partial charge in [0.15, 0.2) is 0 Å². The molecule has 1 nitrogen and oxygen atoms in total. The fraction of sp³-hybridized carbons (Fsp3) is 0.600. The lowest BCUT2D eigenvalue weighted by Crippen LogP contribution is -2.22. The number of hydrogen-bond acceptors (Lipinski definition) is 1. The number of aryl methyl sites for hydroxylation is 1. The molecule has 0 bridgehead atoms. The summed E-state index contributed by atoms with van der Waals surface area (Å²) in [6.45, 7) is 4.80. The van der Waals surface area contributed by atoms with E-state index in [0.717, 1.165) is 18.5 Å². The van der Waals surface area contributed by atoms with E-state index in [2.05, 4.69) is 12.2 Å². The maximum atomic E-state index is 12.2. The number of alkyl halides is 3. The quantitative estimate of drug-likeness (QED) is 0.763. The summed E-state index contributed by atoms with van der Waals surface area (Å²) in [5.74, 6) is 0. The molecule has 0 heterocycles. The fourth-order valence-electron chi connectivity index (χ4n) is 2.32. The summed E-state index contributed by atoms with van der Waals surface area (Å²) in [5, 5.41) is 3.29. The van der Waals surface area contributed by atoms with Gasteiger partial charge in [0, 0.05) is 12.5 Å². The van der Waals surface area contributed by atoms with Gasteiger partial charge in [-0.15, -0.1) is 0 Å². The summed E-state index contributed by atoms with van der Waals surface area (Å²) in [4.78, 5) is 0. The van der Waals surface area contributed by atoms with Crippen molar-refractivity contribution in [1.82, 2.24) is 5.32 Å². The molecule has 0 aliphatic heterocycles. The van der Waals surface area contributed by atoms with Crippen LogP contribution < -0.4 is 5.32 Å². The van der Waals surface area contributed by atoms with Crippen LogP contribution in [-0.4, -0.2) is 12.7 Å². The van der Waals surface area contributed by atoms with Gasteiger partial charge >= 0.3 is 6.18 Å². The molecule has 1 aromatic carbocycles. The number of hydrogen-bond donors (Lipinski definition) is 1. The normalized spacial score (nSPS) is 13.5. The Bertz CT molecular complexity index is 374. The molecule has 1 unspecified atom stereocenters. The molecule has 1 atom stereocenters. The van der Waals surface area contributed by atoms with E-state index >= 15 is 0 Å². The van der Waals surface area contributed by atoms with Crippen molar-refractivity contribution in [2.45, 2.75) is 51.7 Å². The van der Waals surface area contributed by atoms with E-state index in [1.54, 1.807) is 0 Å². The van der Waals surface area contributed by atoms with E-state index < -0.39 is 12.6 Å². The lowest BCUT2D eigenvalue weighted by atomic mass is 9.95. The van der Waals surface area contributed by atoms with Crippen LogP contribution >= 0.6 is 0 Å². The van der Waals surface area contributed by atoms with Gasteiger partial charge < -0.3 is 5.32 Å². The summed E-state index contributed by atoms with van der Waals surface area (Å²) < 4.78 is 36.7. The van der Waals surface area contributed by atoms with Crippen LogP contribution in [0.4, 0.5) is 13.2 Å². The highest BCUT2D eigenvalue weighted by Crippen LogP contribution is 2.27. The number of halogens is 3. The first-order chi connectivity index (χ1) is 8.98. The van der Waals surface area contributed by atoms with Crippen LogP contribution in [0.15, 0.2) is 24.3 Å². The molecular formula is C15H22F3N. The molecule has 0 aliphatic rings. The summed E-state index contributed by atoms with van der Waals surface area (Å²) >= 11 is 0. The van der Waals surface area contributed by atoms with Gasteiger partial charge in [-0.1, -0.05) is 38.1 Å². The maximum Gasteiger partial charge on any atom is 0.389 e. The lowest BCUT2D eigenvalue weighted by molar-refractivity contribution is -0.135. The largest absolute Gasteiger partial charge is 0.389 e. The molecule has 1 N–H and O–H groups in total. The highest BCUT2D eigenvalue weighted by molar-refractivity contribution is 5.30. The van der Waals surface area contributed by atoms with Gasteiger partial charge in [0.25, 0.3) is 0 Å². The van der Waals surface area contributed by atoms with Crippen molar-refractivity contribution in [2.24, 2.45) is 0 Å². The minimum absolute atomic E-state index is 0.0171. The van der Waals surface area contributed by atoms with Crippen LogP contribution in [0, 0.1) is 0 Å². The molecule has 1 rings (SSSR count). The molecule has 19 heavy (non-hydrogen) atoms. The number of nitrogens with one attached hydrogen (secondary N) is 1. The van der Waals surface area contributed by atoms with Crippen LogP contribution in [-0.2, 0) is 6.42 Å². The van der Waals surface area contributed by atoms with Gasteiger partial charge in [-0.2, -0.15) is 13.2 Å². The predicted octanol–water partition coefficient (Wildman–Crippen LogP) is 4.63. The third kappa shape index (κ3) is 5.64. The van der Waals surface area contributed by atoms with E-state index in [9.17, 15) is 13.2 Å². The molecule has 1 aromatic rings. The molecule has 4 heteroatoms. The molecule has 0 aromatic heterocycles. The minimum Gasteiger partial charge on any atom is -0.310 e. The summed E-state index contributed by atoms with van der Waals surface area (Å²) in [6, 6.07) is 8.00. The Morgan fingerprint density at radius 1 is 1.16 bits per heavy atom. The van der Waals surface area contributed by atoms with Crippen molar-refractivity contribution in [2.75, 3.05) is 6.54 Å². The van der Waals surface area contributed by atoms with Gasteiger partial charge in [0.05, 0.1) is 0 Å². The minimum atomic E-state index is -4.05. The van der Waals surface area contributed by atoms with Crippen LogP contribution in [0.3, 0.4) is 0 Å². The average molecular weight is 273 g/mol. The number of benzene rings is 1. The fourth-order valence-corrected chi connectivity index (χ4v) is 2.32. The molecule has 108 valence electrons. The molecule has 0 radical (unpaired) electrons. The Balaban J connectivity index is 2.71. The first kappa shape index (κ1) is 16.0. The van der Waals surface area contributed by atoms with E-state index in [0.29, 0.717) is 6.42 Å². The van der Waals surface area contributed by atoms with Crippen LogP contribution in [0.2, 0.25) is 0 Å². The van der Waals surface area contributed by atoms with Gasteiger partial charge in [-0.25, -0.2) is 0 Å². The zero-order valence-electron chi connectivity index (χ0n) is 11.6. The van der Waals surface area contributed by atoms with E-state index in [1.807, 2.05) is 31.2 Å². The second-order valence-corrected chi connectivity index (χ2v) is 4.67. The van der Waals surface area contributed by atoms with Gasteiger partial charge in [-0.05, 0) is 36.9 Å². The summed E-state index contributed by atoms with van der Waals surface area (Å²) in [6.07, 6.45) is -3.18. The molecule has 0 fully saturated rings. The van der Waals surface area contributed by atoms with Crippen molar-refractivity contribution >= 4 is 0 Å². The second-order valence-electron chi connectivity index (χ2n) is 4.67. The van der Waals surface area contributed by atoms with Crippen molar-refractivity contribution in [3.63, 3.8) is 0 Å². The summed E-state index contributed by atoms with van der Waals surface area (Å²) in [5.41, 5.74) is 2.34. The monoisotopic (exact) mass is 273 g/mol. The Kier molecular flexibility index (Phi) is 6.35. The average Bonchev–Trinajstić information content (AvgIpc) is 2.36. The zero-order valence-corrected chi connectivity index (χ0v) is 11.6. The SMILES string of the molecule is CCNC(CCCC(F)(F)F)c1ccccc1CC. The second kappa shape index (κ2) is 7.53. The van der Waals surface area contributed by atoms with Crippen LogP contribution in [0.5, 0.6) is 0 Å². The topological polar surface area (TPSA) is 12.0 Å². The summed E-state index contributed by atoms with van der Waals surface area (Å²) in [7, 11) is 0. The highest BCUT2D eigenvalue weighted by atomic mass is 19.4. The van der Waals surface area contributed by atoms with Crippen molar-refractivity contribution in [1.29, 1.82) is 0 Å². The first-order valence-electron chi connectivity index (χ1n) is 6.85. The van der Waals surface area contributed by atoms with Crippen molar-refractivity contribution in [3.8, 4) is 0 Å². The lowest BCUT2D eigenvalue weighted by Gasteiger charge is -2.21. The smallest absolute Gasteiger partial charge is 0.310 e. The number of rotatable bonds is 7. The molecule has 0 spiro atoms. The molecule has 0 saturated carbocycles.